The number of ether oxygens (including phenoxy) is 2. The molecule has 3 heterocycles. The molecule has 0 atom stereocenters. The van der Waals surface area contributed by atoms with Crippen molar-refractivity contribution in [1.29, 1.82) is 0 Å². The SMILES string of the molecule is CCSc1nc2cc(-c3cc(OCOC)cc4ccc(F)c(CC)c34)n3nccc3c2c(=O)[nH]1. The Morgan fingerprint density at radius 1 is 1.15 bits per heavy atom. The first kappa shape index (κ1) is 22.4. The molecule has 0 fully saturated rings. The van der Waals surface area contributed by atoms with Gasteiger partial charge in [0.15, 0.2) is 11.9 Å². The normalized spacial score (nSPS) is 11.6. The van der Waals surface area contributed by atoms with Crippen molar-refractivity contribution in [2.75, 3.05) is 19.7 Å². The number of nitrogens with zero attached hydrogens (tertiary/aromatic N) is 3. The summed E-state index contributed by atoms with van der Waals surface area (Å²) in [5.41, 5.74) is 2.98. The first-order chi connectivity index (χ1) is 16.5. The highest BCUT2D eigenvalue weighted by molar-refractivity contribution is 7.99. The molecule has 0 saturated heterocycles. The molecule has 2 aromatic carbocycles. The zero-order chi connectivity index (χ0) is 23.8. The molecular weight excluding hydrogens is 455 g/mol. The molecular formula is C25H23FN4O3S. The number of pyridine rings is 1. The van der Waals surface area contributed by atoms with Gasteiger partial charge >= 0.3 is 0 Å². The number of aryl methyl sites for hydroxylation is 1. The number of hydrogen-bond acceptors (Lipinski definition) is 6. The van der Waals surface area contributed by atoms with Gasteiger partial charge in [0.25, 0.3) is 5.56 Å². The minimum Gasteiger partial charge on any atom is -0.468 e. The lowest BCUT2D eigenvalue weighted by Gasteiger charge is -2.16. The van der Waals surface area contributed by atoms with Gasteiger partial charge in [-0.25, -0.2) is 13.9 Å². The summed E-state index contributed by atoms with van der Waals surface area (Å²) in [6.07, 6.45) is 2.15. The average molecular weight is 479 g/mol. The minimum absolute atomic E-state index is 0.0796. The Hall–Kier alpha value is -3.43. The van der Waals surface area contributed by atoms with Gasteiger partial charge in [-0.3, -0.25) is 4.79 Å². The predicted molar refractivity (Wildman–Crippen MR) is 132 cm³/mol. The standard InChI is InChI=1S/C25H23FN4O3S/c1-4-16-18(26)7-6-14-10-15(33-13-32-3)11-17(22(14)16)21-12-19-23(20-8-9-27-30(20)21)24(31)29-25(28-19)34-5-2/h6-12H,4-5,13H2,1-3H3,(H,28,29,31). The van der Waals surface area contributed by atoms with Gasteiger partial charge in [-0.2, -0.15) is 5.10 Å². The molecule has 0 amide bonds. The Kier molecular flexibility index (Phi) is 5.97. The molecule has 0 radical (unpaired) electrons. The lowest BCUT2D eigenvalue weighted by atomic mass is 9.94. The third-order valence-corrected chi connectivity index (χ3v) is 6.48. The van der Waals surface area contributed by atoms with E-state index in [2.05, 4.69) is 10.1 Å². The first-order valence-electron chi connectivity index (χ1n) is 11.0. The van der Waals surface area contributed by atoms with Crippen molar-refractivity contribution < 1.29 is 13.9 Å². The van der Waals surface area contributed by atoms with Crippen LogP contribution < -0.4 is 10.3 Å². The highest BCUT2D eigenvalue weighted by Crippen LogP contribution is 2.38. The Balaban J connectivity index is 1.90. The van der Waals surface area contributed by atoms with Crippen LogP contribution in [0.2, 0.25) is 0 Å². The van der Waals surface area contributed by atoms with Crippen molar-refractivity contribution in [2.45, 2.75) is 25.4 Å². The molecule has 5 rings (SSSR count). The van der Waals surface area contributed by atoms with E-state index in [0.717, 1.165) is 22.1 Å². The maximum atomic E-state index is 14.9. The number of halogens is 1. The van der Waals surface area contributed by atoms with Gasteiger partial charge in [0.05, 0.1) is 28.3 Å². The molecule has 0 saturated carbocycles. The van der Waals surface area contributed by atoms with Crippen molar-refractivity contribution in [3.05, 3.63) is 64.3 Å². The molecule has 0 aliphatic carbocycles. The Morgan fingerprint density at radius 2 is 2.00 bits per heavy atom. The largest absolute Gasteiger partial charge is 0.468 e. The number of rotatable bonds is 7. The van der Waals surface area contributed by atoms with E-state index in [1.807, 2.05) is 32.0 Å². The van der Waals surface area contributed by atoms with E-state index in [9.17, 15) is 9.18 Å². The molecule has 0 aliphatic heterocycles. The number of fused-ring (bicyclic) bond motifs is 4. The summed E-state index contributed by atoms with van der Waals surface area (Å²) in [6.45, 7) is 4.01. The van der Waals surface area contributed by atoms with E-state index in [4.69, 9.17) is 14.5 Å². The molecule has 0 aliphatic rings. The highest BCUT2D eigenvalue weighted by atomic mass is 32.2. The van der Waals surface area contributed by atoms with Crippen LogP contribution in [0, 0.1) is 5.82 Å². The van der Waals surface area contributed by atoms with Gasteiger partial charge in [0.2, 0.25) is 0 Å². The number of thioether (sulfide) groups is 1. The van der Waals surface area contributed by atoms with Gasteiger partial charge in [0.1, 0.15) is 11.6 Å². The summed E-state index contributed by atoms with van der Waals surface area (Å²) in [5.74, 6) is 1.09. The molecule has 9 heteroatoms. The van der Waals surface area contributed by atoms with Crippen LogP contribution in [-0.4, -0.2) is 39.2 Å². The van der Waals surface area contributed by atoms with Crippen molar-refractivity contribution in [3.8, 4) is 17.0 Å². The zero-order valence-electron chi connectivity index (χ0n) is 19.0. The van der Waals surface area contributed by atoms with Crippen molar-refractivity contribution >= 4 is 39.0 Å². The summed E-state index contributed by atoms with van der Waals surface area (Å²) in [4.78, 5) is 20.5. The number of aromatic nitrogens is 4. The van der Waals surface area contributed by atoms with E-state index in [0.29, 0.717) is 45.0 Å². The van der Waals surface area contributed by atoms with Crippen LogP contribution >= 0.6 is 11.8 Å². The molecule has 3 aromatic heterocycles. The molecule has 34 heavy (non-hydrogen) atoms. The first-order valence-corrected chi connectivity index (χ1v) is 11.9. The highest BCUT2D eigenvalue weighted by Gasteiger charge is 2.19. The minimum atomic E-state index is -0.268. The third kappa shape index (κ3) is 3.70. The number of hydrogen-bond donors (Lipinski definition) is 1. The summed E-state index contributed by atoms with van der Waals surface area (Å²) >= 11 is 1.46. The smallest absolute Gasteiger partial charge is 0.261 e. The second kappa shape index (κ2) is 9.08. The van der Waals surface area contributed by atoms with E-state index in [-0.39, 0.29) is 18.2 Å². The van der Waals surface area contributed by atoms with Gasteiger partial charge < -0.3 is 14.5 Å². The van der Waals surface area contributed by atoms with Gasteiger partial charge in [-0.05, 0) is 58.8 Å². The number of methoxy groups -OCH3 is 1. The second-order valence-electron chi connectivity index (χ2n) is 7.72. The number of aromatic amines is 1. The van der Waals surface area contributed by atoms with Crippen LogP contribution in [0.5, 0.6) is 5.75 Å². The molecule has 174 valence electrons. The molecule has 5 aromatic rings. The molecule has 1 N–H and O–H groups in total. The predicted octanol–water partition coefficient (Wildman–Crippen LogP) is 5.19. The van der Waals surface area contributed by atoms with Crippen LogP contribution in [0.25, 0.3) is 38.4 Å². The Bertz CT molecular complexity index is 1600. The number of nitrogens with one attached hydrogen (secondary N) is 1. The van der Waals surface area contributed by atoms with E-state index >= 15 is 0 Å². The van der Waals surface area contributed by atoms with Crippen molar-refractivity contribution in [1.82, 2.24) is 19.6 Å². The van der Waals surface area contributed by atoms with E-state index in [1.165, 1.54) is 17.8 Å². The maximum absolute atomic E-state index is 14.9. The Labute approximate surface area is 198 Å². The summed E-state index contributed by atoms with van der Waals surface area (Å²) in [6, 6.07) is 10.6. The van der Waals surface area contributed by atoms with Gasteiger partial charge in [-0.15, -0.1) is 0 Å². The van der Waals surface area contributed by atoms with E-state index < -0.39 is 0 Å². The monoisotopic (exact) mass is 478 g/mol. The molecule has 0 spiro atoms. The van der Waals surface area contributed by atoms with Crippen molar-refractivity contribution in [2.24, 2.45) is 0 Å². The summed E-state index contributed by atoms with van der Waals surface area (Å²) < 4.78 is 27.4. The topological polar surface area (TPSA) is 81.5 Å². The van der Waals surface area contributed by atoms with Gasteiger partial charge in [-0.1, -0.05) is 31.7 Å². The lowest BCUT2D eigenvalue weighted by molar-refractivity contribution is 0.0512. The zero-order valence-corrected chi connectivity index (χ0v) is 19.8. The average Bonchev–Trinajstić information content (AvgIpc) is 3.31. The fourth-order valence-corrected chi connectivity index (χ4v) is 4.94. The maximum Gasteiger partial charge on any atom is 0.261 e. The van der Waals surface area contributed by atoms with Crippen LogP contribution in [-0.2, 0) is 11.2 Å². The quantitative estimate of drug-likeness (QED) is 0.197. The molecule has 7 nitrogen and oxygen atoms in total. The van der Waals surface area contributed by atoms with Gasteiger partial charge in [0, 0.05) is 12.7 Å². The number of H-pyrrole nitrogens is 1. The molecule has 0 unspecified atom stereocenters. The fraction of sp³-hybridized carbons (Fsp3) is 0.240. The van der Waals surface area contributed by atoms with Crippen LogP contribution in [0.1, 0.15) is 19.4 Å². The molecule has 0 bridgehead atoms. The van der Waals surface area contributed by atoms with Crippen molar-refractivity contribution in [3.63, 3.8) is 0 Å². The van der Waals surface area contributed by atoms with Crippen LogP contribution in [0.4, 0.5) is 4.39 Å². The third-order valence-electron chi connectivity index (χ3n) is 5.72. The van der Waals surface area contributed by atoms with Crippen LogP contribution in [0.3, 0.4) is 0 Å². The summed E-state index contributed by atoms with van der Waals surface area (Å²) in [7, 11) is 1.55. The van der Waals surface area contributed by atoms with Crippen LogP contribution in [0.15, 0.2) is 52.5 Å². The fourth-order valence-electron chi connectivity index (χ4n) is 4.34. The van der Waals surface area contributed by atoms with E-state index in [1.54, 1.807) is 30.0 Å². The number of benzene rings is 2. The second-order valence-corrected chi connectivity index (χ2v) is 8.97. The summed E-state index contributed by atoms with van der Waals surface area (Å²) in [5, 5.41) is 7.12. The Morgan fingerprint density at radius 3 is 2.76 bits per heavy atom. The lowest BCUT2D eigenvalue weighted by Crippen LogP contribution is -2.11.